The zero-order valence-corrected chi connectivity index (χ0v) is 15.4. The molecule has 1 aliphatic rings. The molecular weight excluding hydrogens is 361 g/mol. The van der Waals surface area contributed by atoms with E-state index >= 15 is 0 Å². The third kappa shape index (κ3) is 6.25. The van der Waals surface area contributed by atoms with E-state index in [0.29, 0.717) is 5.92 Å². The molecule has 0 bridgehead atoms. The Kier molecular flexibility index (Phi) is 6.54. The summed E-state index contributed by atoms with van der Waals surface area (Å²) in [6, 6.07) is 8.73. The minimum atomic E-state index is -5.08. The molecule has 2 heterocycles. The number of aliphatic hydroxyl groups is 1. The highest BCUT2D eigenvalue weighted by Crippen LogP contribution is 2.28. The number of alkyl halides is 3. The number of aromatic amines is 1. The summed E-state index contributed by atoms with van der Waals surface area (Å²) in [7, 11) is 0. The summed E-state index contributed by atoms with van der Waals surface area (Å²) in [6.07, 6.45) is -0.783. The highest BCUT2D eigenvalue weighted by molar-refractivity contribution is 5.79. The Bertz CT molecular complexity index is 765. The van der Waals surface area contributed by atoms with Crippen molar-refractivity contribution in [2.75, 3.05) is 13.1 Å². The van der Waals surface area contributed by atoms with Gasteiger partial charge in [-0.15, -0.1) is 0 Å². The number of H-pyrrole nitrogens is 1. The van der Waals surface area contributed by atoms with E-state index in [1.165, 1.54) is 22.9 Å². The molecule has 5 nitrogen and oxygen atoms in total. The van der Waals surface area contributed by atoms with Crippen LogP contribution in [0.5, 0.6) is 0 Å². The lowest BCUT2D eigenvalue weighted by molar-refractivity contribution is -0.192. The predicted molar refractivity (Wildman–Crippen MR) is 96.3 cm³/mol. The largest absolute Gasteiger partial charge is 0.490 e. The molecule has 0 saturated carbocycles. The number of fused-ring (bicyclic) bond motifs is 1. The molecule has 8 heteroatoms. The third-order valence-electron chi connectivity index (χ3n) is 4.77. The van der Waals surface area contributed by atoms with E-state index in [-0.39, 0.29) is 0 Å². The number of benzene rings is 1. The minimum Gasteiger partial charge on any atom is -0.475 e. The molecule has 1 unspecified atom stereocenters. The van der Waals surface area contributed by atoms with Crippen LogP contribution in [0.2, 0.25) is 0 Å². The number of rotatable bonds is 3. The predicted octanol–water partition coefficient (Wildman–Crippen LogP) is 3.78. The van der Waals surface area contributed by atoms with Crippen LogP contribution in [-0.2, 0) is 11.3 Å². The number of carboxylic acids is 1. The van der Waals surface area contributed by atoms with E-state index in [1.54, 1.807) is 0 Å². The van der Waals surface area contributed by atoms with Crippen LogP contribution in [0.25, 0.3) is 10.9 Å². The van der Waals surface area contributed by atoms with Crippen LogP contribution in [-0.4, -0.2) is 50.9 Å². The fraction of sp³-hybridized carbons (Fsp3) is 0.526. The normalized spacial score (nSPS) is 18.8. The number of carboxylic acid groups (broad SMARTS) is 1. The monoisotopic (exact) mass is 386 g/mol. The van der Waals surface area contributed by atoms with Crippen LogP contribution in [0.15, 0.2) is 30.5 Å². The molecular formula is C19H25F3N2O3. The molecule has 2 aromatic rings. The highest BCUT2D eigenvalue weighted by atomic mass is 19.4. The van der Waals surface area contributed by atoms with Crippen molar-refractivity contribution < 1.29 is 28.2 Å². The van der Waals surface area contributed by atoms with Crippen molar-refractivity contribution in [2.24, 2.45) is 5.92 Å². The number of nitrogens with zero attached hydrogens (tertiary/aromatic N) is 1. The molecule has 3 rings (SSSR count). The molecule has 0 spiro atoms. The van der Waals surface area contributed by atoms with Crippen LogP contribution in [0.4, 0.5) is 13.2 Å². The SMILES string of the molecule is CC(C)(O)C1CCCN(Cc2ccc3cc[nH]c3c2)C1.O=C(O)C(F)(F)F. The summed E-state index contributed by atoms with van der Waals surface area (Å²) >= 11 is 0. The van der Waals surface area contributed by atoms with Crippen molar-refractivity contribution >= 4 is 16.9 Å². The van der Waals surface area contributed by atoms with Crippen molar-refractivity contribution in [3.8, 4) is 0 Å². The molecule has 1 aromatic carbocycles. The lowest BCUT2D eigenvalue weighted by Gasteiger charge is -2.38. The molecule has 1 aromatic heterocycles. The Balaban J connectivity index is 0.000000321. The van der Waals surface area contributed by atoms with Crippen LogP contribution in [0, 0.1) is 5.92 Å². The zero-order chi connectivity index (χ0) is 20.2. The Labute approximate surface area is 155 Å². The quantitative estimate of drug-likeness (QED) is 0.750. The van der Waals surface area contributed by atoms with Gasteiger partial charge in [0, 0.05) is 24.8 Å². The van der Waals surface area contributed by atoms with Crippen LogP contribution >= 0.6 is 0 Å². The topological polar surface area (TPSA) is 76.6 Å². The number of piperidine rings is 1. The van der Waals surface area contributed by atoms with Crippen LogP contribution in [0.1, 0.15) is 32.3 Å². The molecule has 0 aliphatic carbocycles. The first-order chi connectivity index (χ1) is 12.5. The van der Waals surface area contributed by atoms with Gasteiger partial charge in [0.15, 0.2) is 0 Å². The highest BCUT2D eigenvalue weighted by Gasteiger charge is 2.38. The number of hydrogen-bond acceptors (Lipinski definition) is 3. The summed E-state index contributed by atoms with van der Waals surface area (Å²) in [5, 5.41) is 18.6. The first-order valence-electron chi connectivity index (χ1n) is 8.77. The summed E-state index contributed by atoms with van der Waals surface area (Å²) < 4.78 is 31.7. The molecule has 0 radical (unpaired) electrons. The fourth-order valence-electron chi connectivity index (χ4n) is 3.23. The average Bonchev–Trinajstić information content (AvgIpc) is 3.01. The summed E-state index contributed by atoms with van der Waals surface area (Å²) in [5.41, 5.74) is 1.98. The maximum atomic E-state index is 10.6. The maximum absolute atomic E-state index is 10.6. The molecule has 1 atom stereocenters. The fourth-order valence-corrected chi connectivity index (χ4v) is 3.23. The van der Waals surface area contributed by atoms with Crippen molar-refractivity contribution in [3.63, 3.8) is 0 Å². The Morgan fingerprint density at radius 2 is 1.96 bits per heavy atom. The lowest BCUT2D eigenvalue weighted by Crippen LogP contribution is -2.44. The van der Waals surface area contributed by atoms with Gasteiger partial charge in [-0.05, 0) is 62.2 Å². The van der Waals surface area contributed by atoms with Gasteiger partial charge in [0.05, 0.1) is 5.60 Å². The molecule has 0 amide bonds. The van der Waals surface area contributed by atoms with E-state index in [4.69, 9.17) is 9.90 Å². The number of aliphatic carboxylic acids is 1. The van der Waals surface area contributed by atoms with Gasteiger partial charge >= 0.3 is 12.1 Å². The van der Waals surface area contributed by atoms with Crippen molar-refractivity contribution in [1.82, 2.24) is 9.88 Å². The Morgan fingerprint density at radius 1 is 1.30 bits per heavy atom. The van der Waals surface area contributed by atoms with Gasteiger partial charge in [0.1, 0.15) is 0 Å². The van der Waals surface area contributed by atoms with Crippen molar-refractivity contribution in [1.29, 1.82) is 0 Å². The van der Waals surface area contributed by atoms with E-state index in [9.17, 15) is 18.3 Å². The van der Waals surface area contributed by atoms with Gasteiger partial charge in [0.2, 0.25) is 0 Å². The van der Waals surface area contributed by atoms with Gasteiger partial charge < -0.3 is 15.2 Å². The number of carbonyl (C=O) groups is 1. The zero-order valence-electron chi connectivity index (χ0n) is 15.4. The number of halogens is 3. The van der Waals surface area contributed by atoms with Gasteiger partial charge in [-0.2, -0.15) is 13.2 Å². The maximum Gasteiger partial charge on any atom is 0.490 e. The number of likely N-dealkylation sites (tertiary alicyclic amines) is 1. The third-order valence-corrected chi connectivity index (χ3v) is 4.77. The minimum absolute atomic E-state index is 0.380. The van der Waals surface area contributed by atoms with Gasteiger partial charge in [-0.3, -0.25) is 4.90 Å². The molecule has 1 fully saturated rings. The smallest absolute Gasteiger partial charge is 0.475 e. The lowest BCUT2D eigenvalue weighted by atomic mass is 9.84. The van der Waals surface area contributed by atoms with Crippen LogP contribution < -0.4 is 0 Å². The molecule has 150 valence electrons. The summed E-state index contributed by atoms with van der Waals surface area (Å²) in [5.74, 6) is -2.38. The first-order valence-corrected chi connectivity index (χ1v) is 8.77. The Morgan fingerprint density at radius 3 is 2.56 bits per heavy atom. The van der Waals surface area contributed by atoms with Gasteiger partial charge in [-0.1, -0.05) is 12.1 Å². The van der Waals surface area contributed by atoms with E-state index in [0.717, 1.165) is 26.1 Å². The second kappa shape index (κ2) is 8.31. The summed E-state index contributed by atoms with van der Waals surface area (Å²) in [6.45, 7) is 6.97. The molecule has 27 heavy (non-hydrogen) atoms. The second-order valence-electron chi connectivity index (χ2n) is 7.43. The molecule has 1 saturated heterocycles. The van der Waals surface area contributed by atoms with E-state index < -0.39 is 17.7 Å². The number of hydrogen-bond donors (Lipinski definition) is 3. The van der Waals surface area contributed by atoms with Crippen molar-refractivity contribution in [3.05, 3.63) is 36.0 Å². The second-order valence-corrected chi connectivity index (χ2v) is 7.43. The number of aromatic nitrogens is 1. The summed E-state index contributed by atoms with van der Waals surface area (Å²) in [4.78, 5) is 14.6. The average molecular weight is 386 g/mol. The van der Waals surface area contributed by atoms with E-state index in [2.05, 4.69) is 34.1 Å². The molecule has 3 N–H and O–H groups in total. The van der Waals surface area contributed by atoms with Gasteiger partial charge in [-0.25, -0.2) is 4.79 Å². The van der Waals surface area contributed by atoms with Gasteiger partial charge in [0.25, 0.3) is 0 Å². The van der Waals surface area contributed by atoms with Crippen LogP contribution in [0.3, 0.4) is 0 Å². The van der Waals surface area contributed by atoms with E-state index in [1.807, 2.05) is 20.0 Å². The van der Waals surface area contributed by atoms with Crippen molar-refractivity contribution in [2.45, 2.75) is 45.0 Å². The number of nitrogens with one attached hydrogen (secondary N) is 1. The standard InChI is InChI=1S/C17H24N2O.C2HF3O2/c1-17(2,20)15-4-3-9-19(12-15)11-13-5-6-14-7-8-18-16(14)10-13;3-2(4,5)1(6)7/h5-8,10,15,18,20H,3-4,9,11-12H2,1-2H3;(H,6,7). The first kappa shape index (κ1) is 21.2. The Hall–Kier alpha value is -2.06. The molecule has 1 aliphatic heterocycles.